The van der Waals surface area contributed by atoms with E-state index in [2.05, 4.69) is 6.92 Å². The first kappa shape index (κ1) is 23.4. The van der Waals surface area contributed by atoms with Crippen molar-refractivity contribution in [2.45, 2.75) is 62.1 Å². The fraction of sp³-hybridized carbons (Fsp3) is 0.708. The van der Waals surface area contributed by atoms with E-state index >= 15 is 0 Å². The minimum absolute atomic E-state index is 0.0404. The largest absolute Gasteiger partial charge is 0.461 e. The van der Waals surface area contributed by atoms with Gasteiger partial charge >= 0.3 is 5.97 Å². The summed E-state index contributed by atoms with van der Waals surface area (Å²) in [6.07, 6.45) is 9.64. The predicted molar refractivity (Wildman–Crippen MR) is 123 cm³/mol. The Bertz CT molecular complexity index is 857. The van der Waals surface area contributed by atoms with Crippen LogP contribution in [0.25, 0.3) is 0 Å². The van der Waals surface area contributed by atoms with Crippen molar-refractivity contribution in [2.75, 3.05) is 26.3 Å². The predicted octanol–water partition coefficient (Wildman–Crippen LogP) is 2.00. The summed E-state index contributed by atoms with van der Waals surface area (Å²) >= 11 is 1.54. The monoisotopic (exact) mass is 462 g/mol. The lowest BCUT2D eigenvalue weighted by Gasteiger charge is -2.40. The van der Waals surface area contributed by atoms with Crippen molar-refractivity contribution in [2.24, 2.45) is 17.8 Å². The number of unbranched alkanes of at least 4 members (excludes halogenated alkanes) is 1. The standard InChI is InChI=1S/C24H34N2O5S/c1-5-6-11-25-12-7-10-24-17(18-22(30)31-13-8-9-23(18,4)32-24)20(28)26(19(24)21(25)29)16(14-27)15(2)3/h7-10,15-19,27H,5-6,11-14H2,1-4H3/t16-,17-,18-,19?,23+,24-/m0/s1. The van der Waals surface area contributed by atoms with Crippen LogP contribution in [0, 0.1) is 17.8 Å². The second-order valence-corrected chi connectivity index (χ2v) is 11.6. The number of nitrogens with zero attached hydrogens (tertiary/aromatic N) is 2. The van der Waals surface area contributed by atoms with Crippen molar-refractivity contribution in [3.8, 4) is 0 Å². The Morgan fingerprint density at radius 1 is 1.19 bits per heavy atom. The molecule has 32 heavy (non-hydrogen) atoms. The van der Waals surface area contributed by atoms with Gasteiger partial charge in [-0.3, -0.25) is 14.4 Å². The number of ether oxygens (including phenoxy) is 1. The molecule has 0 aromatic heterocycles. The van der Waals surface area contributed by atoms with Gasteiger partial charge in [0.2, 0.25) is 11.8 Å². The zero-order chi connectivity index (χ0) is 23.3. The number of amides is 2. The highest BCUT2D eigenvalue weighted by Gasteiger charge is 2.74. The molecule has 4 rings (SSSR count). The van der Waals surface area contributed by atoms with Crippen LogP contribution < -0.4 is 0 Å². The summed E-state index contributed by atoms with van der Waals surface area (Å²) < 4.78 is 3.92. The minimum atomic E-state index is -0.877. The average molecular weight is 463 g/mol. The summed E-state index contributed by atoms with van der Waals surface area (Å²) in [6, 6.07) is -1.26. The average Bonchev–Trinajstić information content (AvgIpc) is 3.00. The van der Waals surface area contributed by atoms with E-state index in [-0.39, 0.29) is 36.9 Å². The van der Waals surface area contributed by atoms with Gasteiger partial charge in [0.15, 0.2) is 0 Å². The Balaban J connectivity index is 1.88. The van der Waals surface area contributed by atoms with Gasteiger partial charge in [-0.05, 0) is 25.3 Å². The highest BCUT2D eigenvalue weighted by Crippen LogP contribution is 2.65. The van der Waals surface area contributed by atoms with Crippen molar-refractivity contribution in [1.82, 2.24) is 9.80 Å². The number of likely N-dealkylation sites (tertiary alicyclic amines) is 1. The molecule has 1 N–H and O–H groups in total. The van der Waals surface area contributed by atoms with Gasteiger partial charge in [-0.1, -0.05) is 45.4 Å². The number of aliphatic hydroxyl groups excluding tert-OH is 1. The summed E-state index contributed by atoms with van der Waals surface area (Å²) in [6.45, 7) is 9.01. The van der Waals surface area contributed by atoms with E-state index in [0.717, 1.165) is 12.8 Å². The van der Waals surface area contributed by atoms with E-state index < -0.39 is 33.4 Å². The van der Waals surface area contributed by atoms with Crippen LogP contribution in [-0.4, -0.2) is 80.6 Å². The summed E-state index contributed by atoms with van der Waals surface area (Å²) in [5.74, 6) is -2.15. The maximum Gasteiger partial charge on any atom is 0.311 e. The Morgan fingerprint density at radius 3 is 2.59 bits per heavy atom. The van der Waals surface area contributed by atoms with Crippen molar-refractivity contribution in [3.05, 3.63) is 24.3 Å². The third-order valence-corrected chi connectivity index (χ3v) is 9.23. The van der Waals surface area contributed by atoms with Gasteiger partial charge in [-0.25, -0.2) is 0 Å². The summed E-state index contributed by atoms with van der Waals surface area (Å²) in [5.41, 5.74) is 0. The molecule has 0 saturated carbocycles. The molecule has 176 valence electrons. The first-order valence-electron chi connectivity index (χ1n) is 11.7. The smallest absolute Gasteiger partial charge is 0.311 e. The van der Waals surface area contributed by atoms with Gasteiger partial charge in [0.05, 0.1) is 29.2 Å². The van der Waals surface area contributed by atoms with E-state index in [0.29, 0.717) is 13.1 Å². The van der Waals surface area contributed by atoms with E-state index in [1.54, 1.807) is 4.90 Å². The molecular weight excluding hydrogens is 428 g/mol. The first-order valence-corrected chi connectivity index (χ1v) is 12.5. The zero-order valence-electron chi connectivity index (χ0n) is 19.3. The number of carbonyl (C=O) groups is 3. The molecule has 1 spiro atoms. The number of hydrogen-bond donors (Lipinski definition) is 1. The minimum Gasteiger partial charge on any atom is -0.461 e. The molecule has 4 heterocycles. The third-order valence-electron chi connectivity index (χ3n) is 7.43. The molecule has 7 nitrogen and oxygen atoms in total. The Labute approximate surface area is 194 Å². The highest BCUT2D eigenvalue weighted by molar-refractivity contribution is 8.02. The number of cyclic esters (lactones) is 1. The highest BCUT2D eigenvalue weighted by atomic mass is 32.2. The molecule has 8 heteroatoms. The Morgan fingerprint density at radius 2 is 1.94 bits per heavy atom. The lowest BCUT2D eigenvalue weighted by molar-refractivity contribution is -0.153. The Hall–Kier alpha value is -1.80. The second kappa shape index (κ2) is 8.52. The van der Waals surface area contributed by atoms with Crippen LogP contribution in [0.4, 0.5) is 0 Å². The van der Waals surface area contributed by atoms with Crippen LogP contribution in [0.3, 0.4) is 0 Å². The lowest BCUT2D eigenvalue weighted by atomic mass is 9.75. The lowest BCUT2D eigenvalue weighted by Crippen LogP contribution is -2.58. The number of rotatable bonds is 6. The molecule has 6 atom stereocenters. The van der Waals surface area contributed by atoms with Crippen molar-refractivity contribution >= 4 is 29.5 Å². The fourth-order valence-electron chi connectivity index (χ4n) is 5.87. The summed E-state index contributed by atoms with van der Waals surface area (Å²) in [7, 11) is 0. The maximum atomic E-state index is 14.1. The molecule has 1 unspecified atom stereocenters. The van der Waals surface area contributed by atoms with Crippen LogP contribution in [0.15, 0.2) is 24.3 Å². The number of aliphatic hydroxyl groups is 1. The van der Waals surface area contributed by atoms with Crippen LogP contribution in [0.5, 0.6) is 0 Å². The maximum absolute atomic E-state index is 14.1. The number of carbonyl (C=O) groups excluding carboxylic acids is 3. The number of esters is 1. The third kappa shape index (κ3) is 3.33. The molecule has 2 amide bonds. The molecule has 2 fully saturated rings. The van der Waals surface area contributed by atoms with Gasteiger partial charge in [0, 0.05) is 17.8 Å². The van der Waals surface area contributed by atoms with Crippen molar-refractivity contribution in [3.63, 3.8) is 0 Å². The quantitative estimate of drug-likeness (QED) is 0.480. The number of hydrogen-bond acceptors (Lipinski definition) is 6. The van der Waals surface area contributed by atoms with Gasteiger partial charge in [-0.15, -0.1) is 11.8 Å². The molecule has 0 radical (unpaired) electrons. The van der Waals surface area contributed by atoms with Gasteiger partial charge in [0.25, 0.3) is 0 Å². The van der Waals surface area contributed by atoms with Crippen LogP contribution in [0.2, 0.25) is 0 Å². The Kier molecular flexibility index (Phi) is 6.22. The van der Waals surface area contributed by atoms with E-state index in [9.17, 15) is 19.5 Å². The van der Waals surface area contributed by atoms with E-state index in [1.807, 2.05) is 50.0 Å². The topological polar surface area (TPSA) is 87.2 Å². The summed E-state index contributed by atoms with van der Waals surface area (Å²) in [4.78, 5) is 44.6. The number of fused-ring (bicyclic) bond motifs is 2. The molecule has 0 bridgehead atoms. The van der Waals surface area contributed by atoms with Crippen molar-refractivity contribution < 1.29 is 24.2 Å². The van der Waals surface area contributed by atoms with Crippen LogP contribution in [-0.2, 0) is 19.1 Å². The zero-order valence-corrected chi connectivity index (χ0v) is 20.1. The van der Waals surface area contributed by atoms with Crippen molar-refractivity contribution in [1.29, 1.82) is 0 Å². The van der Waals surface area contributed by atoms with Gasteiger partial charge in [-0.2, -0.15) is 0 Å². The molecule has 4 aliphatic rings. The summed E-state index contributed by atoms with van der Waals surface area (Å²) in [5, 5.41) is 10.2. The molecule has 4 aliphatic heterocycles. The van der Waals surface area contributed by atoms with E-state index in [1.165, 1.54) is 11.8 Å². The fourth-order valence-corrected chi connectivity index (χ4v) is 8.01. The normalized spacial score (nSPS) is 37.2. The molecule has 0 aliphatic carbocycles. The van der Waals surface area contributed by atoms with Crippen LogP contribution >= 0.6 is 11.8 Å². The molecule has 0 aromatic rings. The molecule has 2 saturated heterocycles. The van der Waals surface area contributed by atoms with Gasteiger partial charge < -0.3 is 19.6 Å². The molecule has 0 aromatic carbocycles. The van der Waals surface area contributed by atoms with E-state index in [4.69, 9.17) is 4.74 Å². The van der Waals surface area contributed by atoms with Crippen LogP contribution in [0.1, 0.15) is 40.5 Å². The van der Waals surface area contributed by atoms with Gasteiger partial charge in [0.1, 0.15) is 12.6 Å². The SMILES string of the molecule is CCCCN1CC=C[C@]23S[C@]4(C)C=CCOC(=O)[C@@H]4[C@H]2C(=O)N([C@@H](CO)C(C)C)C3C1=O. The number of thioether (sulfide) groups is 1. The molecular formula is C24H34N2O5S. The first-order chi connectivity index (χ1) is 15.2. The second-order valence-electron chi connectivity index (χ2n) is 9.81.